The molecule has 9 aromatic carbocycles. The van der Waals surface area contributed by atoms with Crippen LogP contribution in [0.1, 0.15) is 16.7 Å². The van der Waals surface area contributed by atoms with Crippen molar-refractivity contribution >= 4 is 176 Å². The van der Waals surface area contributed by atoms with Gasteiger partial charge in [-0.3, -0.25) is 0 Å². The molecule has 0 aliphatic carbocycles. The van der Waals surface area contributed by atoms with E-state index in [9.17, 15) is 0 Å². The van der Waals surface area contributed by atoms with E-state index in [1.54, 1.807) is 0 Å². The minimum absolute atomic E-state index is 0. The Hall–Kier alpha value is -2.87. The van der Waals surface area contributed by atoms with Crippen LogP contribution in [-0.4, -0.2) is 12.9 Å². The highest BCUT2D eigenvalue weighted by Gasteiger charge is 2.27. The van der Waals surface area contributed by atoms with E-state index >= 15 is 0 Å². The van der Waals surface area contributed by atoms with E-state index in [2.05, 4.69) is 255 Å². The molecule has 14 heteroatoms. The number of alkyl halides is 9. The maximum absolute atomic E-state index is 4.81. The number of quaternary nitrogens is 1. The van der Waals surface area contributed by atoms with Gasteiger partial charge in [0.05, 0.1) is 0 Å². The van der Waals surface area contributed by atoms with Crippen LogP contribution in [0.4, 0.5) is 0 Å². The summed E-state index contributed by atoms with van der Waals surface area (Å²) in [5.74, 6) is 0. The predicted molar refractivity (Wildman–Crippen MR) is 332 cm³/mol. The molecule has 0 spiro atoms. The van der Waals surface area contributed by atoms with Gasteiger partial charge in [-0.05, 0) is 71.5 Å². The Balaban J connectivity index is 0.000000707. The predicted octanol–water partition coefficient (Wildman–Crippen LogP) is 11.7. The zero-order chi connectivity index (χ0) is 51.8. The summed E-state index contributed by atoms with van der Waals surface area (Å²) in [7, 11) is -2.33. The van der Waals surface area contributed by atoms with Crippen LogP contribution in [-0.2, 0) is 19.6 Å². The van der Waals surface area contributed by atoms with Crippen molar-refractivity contribution in [2.45, 2.75) is 32.5 Å². The van der Waals surface area contributed by atoms with Crippen LogP contribution in [0.5, 0.6) is 0 Å². The molecule has 74 heavy (non-hydrogen) atoms. The van der Waals surface area contributed by atoms with Crippen molar-refractivity contribution < 1.29 is 17.3 Å². The van der Waals surface area contributed by atoms with E-state index in [-0.39, 0.29) is 12.4 Å². The van der Waals surface area contributed by atoms with E-state index in [0.29, 0.717) is 0 Å². The van der Waals surface area contributed by atoms with Crippen molar-refractivity contribution in [2.75, 3.05) is 0 Å². The summed E-state index contributed by atoms with van der Waals surface area (Å²) >= 11 is 43.3. The lowest BCUT2D eigenvalue weighted by Gasteiger charge is -2.28. The smallest absolute Gasteiger partial charge is 0.180 e. The van der Waals surface area contributed by atoms with Crippen LogP contribution in [0, 0.1) is 0 Å². The first-order valence-corrected chi connectivity index (χ1v) is 31.0. The maximum atomic E-state index is 4.81. The molecule has 9 aromatic rings. The largest absolute Gasteiger partial charge is 1.00 e. The lowest BCUT2D eigenvalue weighted by molar-refractivity contribution is -0.940. The molecule has 0 saturated carbocycles. The Kier molecular flexibility index (Phi) is 28.6. The minimum atomic E-state index is -0.777. The molecule has 0 aliphatic rings. The molecular formula is C60H52Cl10NP3. The van der Waals surface area contributed by atoms with Gasteiger partial charge in [-0.25, -0.2) is 0 Å². The number of halogens is 10. The molecule has 0 saturated heterocycles. The van der Waals surface area contributed by atoms with Crippen LogP contribution in [0.25, 0.3) is 0 Å². The first kappa shape index (κ1) is 62.0. The molecule has 0 heterocycles. The van der Waals surface area contributed by atoms with E-state index in [4.69, 9.17) is 104 Å². The Bertz CT molecular complexity index is 2480. The summed E-state index contributed by atoms with van der Waals surface area (Å²) < 4.78 is -2.25. The van der Waals surface area contributed by atoms with Gasteiger partial charge >= 0.3 is 0 Å². The third-order valence-electron chi connectivity index (χ3n) is 11.1. The first-order chi connectivity index (χ1) is 35.5. The van der Waals surface area contributed by atoms with Gasteiger partial charge in [-0.1, -0.05) is 359 Å². The van der Waals surface area contributed by atoms with Gasteiger partial charge in [0.2, 0.25) is 0 Å². The van der Waals surface area contributed by atoms with Gasteiger partial charge in [0.1, 0.15) is 19.6 Å². The summed E-state index contributed by atoms with van der Waals surface area (Å²) in [6.07, 6.45) is 0. The molecule has 0 aromatic heterocycles. The lowest BCUT2D eigenvalue weighted by atomic mass is 10.1. The van der Waals surface area contributed by atoms with Crippen LogP contribution < -0.4 is 65.0 Å². The quantitative estimate of drug-likeness (QED) is 0.0771. The first-order valence-electron chi connectivity index (χ1n) is 23.0. The summed E-state index contributed by atoms with van der Waals surface area (Å²) in [6, 6.07) is 94.7. The highest BCUT2D eigenvalue weighted by molar-refractivity contribution is 7.80. The second-order valence-corrected chi connectivity index (χ2v) is 28.4. The molecule has 9 rings (SSSR count). The number of hydrogen-bond acceptors (Lipinski definition) is 0. The fourth-order valence-electron chi connectivity index (χ4n) is 8.37. The van der Waals surface area contributed by atoms with E-state index in [1.807, 2.05) is 0 Å². The molecule has 382 valence electrons. The summed E-state index contributed by atoms with van der Waals surface area (Å²) in [5.41, 5.74) is 4.23. The van der Waals surface area contributed by atoms with Crippen molar-refractivity contribution in [1.82, 2.24) is 0 Å². The Morgan fingerprint density at radius 1 is 0.243 bits per heavy atom. The van der Waals surface area contributed by atoms with Gasteiger partial charge < -0.3 is 17.3 Å². The Morgan fingerprint density at radius 3 is 0.568 bits per heavy atom. The highest BCUT2D eigenvalue weighted by atomic mass is 35.6. The van der Waals surface area contributed by atoms with Crippen molar-refractivity contribution in [2.24, 2.45) is 0 Å². The normalized spacial score (nSPS) is 10.9. The topological polar surface area (TPSA) is 4.44 Å². The van der Waals surface area contributed by atoms with Crippen LogP contribution in [0.3, 0.4) is 0 Å². The Morgan fingerprint density at radius 2 is 0.392 bits per heavy atom. The zero-order valence-corrected chi connectivity index (χ0v) is 50.0. The maximum Gasteiger partial charge on any atom is 0.180 e. The number of benzene rings is 9. The van der Waals surface area contributed by atoms with Crippen molar-refractivity contribution in [3.8, 4) is 0 Å². The van der Waals surface area contributed by atoms with Crippen LogP contribution in [0.2, 0.25) is 0 Å². The fourth-order valence-corrected chi connectivity index (χ4v) is 15.8. The highest BCUT2D eigenvalue weighted by Crippen LogP contribution is 2.37. The van der Waals surface area contributed by atoms with Gasteiger partial charge in [0, 0.05) is 16.7 Å². The molecule has 0 unspecified atom stereocenters. The van der Waals surface area contributed by atoms with Crippen LogP contribution >= 0.6 is 128 Å². The molecule has 1 N–H and O–H groups in total. The molecule has 1 nitrogen and oxygen atoms in total. The Labute approximate surface area is 492 Å². The second kappa shape index (κ2) is 34.1. The van der Waals surface area contributed by atoms with Crippen molar-refractivity contribution in [3.05, 3.63) is 271 Å². The van der Waals surface area contributed by atoms with Gasteiger partial charge in [0.15, 0.2) is 12.9 Å². The average molecular weight is 1230 g/mol. The fraction of sp³-hybridized carbons (Fsp3) is 0.100. The zero-order valence-electron chi connectivity index (χ0n) is 39.7. The lowest BCUT2D eigenvalue weighted by Crippen LogP contribution is -3.08. The van der Waals surface area contributed by atoms with Gasteiger partial charge in [0.25, 0.3) is 0 Å². The third kappa shape index (κ3) is 20.2. The standard InChI is InChI=1S/C57H48NP3.3CHCl3.ClH/c1-7-28-49(29-8-1)59(50-30-9-2-10-31-50)55-40-22-19-25-46(55)43-58(44-47-26-20-23-41-56(47)60(51-32-11-3-12-33-51)52-34-13-4-14-35-52)45-48-27-21-24-42-57(48)61(53-36-15-5-16-37-53)54-38-17-6-18-39-54;3*2-1(3)4;/h1-42H,43-45H2;3*1H;1H. The van der Waals surface area contributed by atoms with Gasteiger partial charge in [-0.15, -0.1) is 0 Å². The van der Waals surface area contributed by atoms with E-state index < -0.39 is 36.7 Å². The summed E-state index contributed by atoms with van der Waals surface area (Å²) in [4.78, 5) is 1.52. The van der Waals surface area contributed by atoms with Crippen LogP contribution in [0.15, 0.2) is 255 Å². The number of nitrogens with one attached hydrogen (secondary N) is 1. The third-order valence-corrected chi connectivity index (χ3v) is 18.7. The molecule has 0 fully saturated rings. The SMILES string of the molecule is ClC(Cl)Cl.ClC(Cl)Cl.ClC(Cl)Cl.[Cl-].c1ccc(P(c2ccccc2)c2ccccc2C[NH+](Cc2ccccc2P(c2ccccc2)c2ccccc2)Cc2ccccc2P(c2ccccc2)c2ccccc2)cc1. The van der Waals surface area contributed by atoms with Crippen molar-refractivity contribution in [1.29, 1.82) is 0 Å². The molecular weight excluding hydrogens is 1180 g/mol. The van der Waals surface area contributed by atoms with Crippen molar-refractivity contribution in [3.63, 3.8) is 0 Å². The summed E-state index contributed by atoms with van der Waals surface area (Å²) in [5, 5.41) is 12.5. The molecule has 0 aliphatic heterocycles. The molecule has 0 amide bonds. The minimum Gasteiger partial charge on any atom is -1.00 e. The van der Waals surface area contributed by atoms with E-state index in [0.717, 1.165) is 19.6 Å². The van der Waals surface area contributed by atoms with E-state index in [1.165, 1.54) is 69.3 Å². The molecule has 0 atom stereocenters. The van der Waals surface area contributed by atoms with Gasteiger partial charge in [-0.2, -0.15) is 0 Å². The average Bonchev–Trinajstić information content (AvgIpc) is 3.40. The monoisotopic (exact) mass is 1230 g/mol. The summed E-state index contributed by atoms with van der Waals surface area (Å²) in [6.45, 7) is 2.67. The molecule has 0 radical (unpaired) electrons. The second-order valence-electron chi connectivity index (χ2n) is 15.9. The molecule has 0 bridgehead atoms. The number of hydrogen-bond donors (Lipinski definition) is 1. The number of rotatable bonds is 15.